The third-order valence-corrected chi connectivity index (χ3v) is 7.20. The fourth-order valence-corrected chi connectivity index (χ4v) is 5.19. The fraction of sp³-hybridized carbons (Fsp3) is 0.0909. The summed E-state index contributed by atoms with van der Waals surface area (Å²) < 4.78 is 0. The molecular weight excluding hydrogens is 508 g/mol. The fourth-order valence-electron chi connectivity index (χ4n) is 4.45. The molecule has 0 heterocycles. The van der Waals surface area contributed by atoms with Gasteiger partial charge in [-0.05, 0) is 34.4 Å². The Morgan fingerprint density at radius 3 is 1.75 bits per heavy atom. The van der Waals surface area contributed by atoms with Crippen molar-refractivity contribution in [3.8, 4) is 0 Å². The van der Waals surface area contributed by atoms with Crippen LogP contribution in [0.1, 0.15) is 55.2 Å². The quantitative estimate of drug-likeness (QED) is 0.190. The van der Waals surface area contributed by atoms with Crippen LogP contribution in [0.4, 0.5) is 0 Å². The van der Waals surface area contributed by atoms with E-state index in [0.29, 0.717) is 0 Å². The molecule has 6 rings (SSSR count). The third-order valence-electron chi connectivity index (χ3n) is 6.21. The summed E-state index contributed by atoms with van der Waals surface area (Å²) in [5, 5.41) is 0. The van der Waals surface area contributed by atoms with Crippen LogP contribution in [0.25, 0.3) is 12.2 Å². The molecule has 0 radical (unpaired) electrons. The second-order valence-corrected chi connectivity index (χ2v) is 9.45. The molecule has 0 saturated carbocycles. The van der Waals surface area contributed by atoms with Crippen molar-refractivity contribution in [2.45, 2.75) is 18.7 Å². The van der Waals surface area contributed by atoms with Gasteiger partial charge < -0.3 is 0 Å². The van der Waals surface area contributed by atoms with Crippen LogP contribution < -0.4 is 0 Å². The summed E-state index contributed by atoms with van der Waals surface area (Å²) >= 11 is 3.61. The average Bonchev–Trinajstić information content (AvgIpc) is 3.35. The number of halogens is 1. The zero-order chi connectivity index (χ0) is 24.2. The molecule has 178 valence electrons. The minimum absolute atomic E-state index is 0. The third kappa shape index (κ3) is 5.22. The molecule has 1 unspecified atom stereocenters. The Labute approximate surface area is 221 Å². The number of ketones is 2. The topological polar surface area (TPSA) is 34.1 Å². The van der Waals surface area contributed by atoms with Gasteiger partial charge in [0.1, 0.15) is 0 Å². The molecule has 0 amide bonds. The molecule has 4 aromatic rings. The number of carbonyl (C=O) groups excluding carboxylic acids is 2. The number of benzene rings is 4. The summed E-state index contributed by atoms with van der Waals surface area (Å²) in [6.07, 6.45) is 4.70. The first-order valence-electron chi connectivity index (χ1n) is 11.5. The van der Waals surface area contributed by atoms with Gasteiger partial charge in [-0.25, -0.2) is 0 Å². The molecule has 0 fully saturated rings. The van der Waals surface area contributed by atoms with E-state index in [1.165, 1.54) is 0 Å². The van der Waals surface area contributed by atoms with Crippen LogP contribution in [0.5, 0.6) is 0 Å². The second-order valence-electron chi connectivity index (χ2n) is 8.53. The van der Waals surface area contributed by atoms with E-state index in [0.717, 1.165) is 50.9 Å². The molecule has 0 N–H and O–H groups in total. The lowest BCUT2D eigenvalue weighted by atomic mass is 10.1. The van der Waals surface area contributed by atoms with Crippen LogP contribution in [0.3, 0.4) is 0 Å². The number of Topliss-reactive ketones (excluding diaryl/α,β-unsaturated/α-hetero) is 2. The van der Waals surface area contributed by atoms with Crippen molar-refractivity contribution in [1.82, 2.24) is 0 Å². The van der Waals surface area contributed by atoms with Crippen molar-refractivity contribution in [3.63, 3.8) is 0 Å². The highest BCUT2D eigenvalue weighted by molar-refractivity contribution is 9.09. The van der Waals surface area contributed by atoms with Gasteiger partial charge in [-0.2, -0.15) is 0 Å². The van der Waals surface area contributed by atoms with Gasteiger partial charge >= 0.3 is 0 Å². The number of fused-ring (bicyclic) bond motifs is 2. The van der Waals surface area contributed by atoms with Gasteiger partial charge in [-0.1, -0.05) is 133 Å². The molecule has 0 saturated heterocycles. The van der Waals surface area contributed by atoms with Crippen LogP contribution in [0, 0.1) is 0 Å². The van der Waals surface area contributed by atoms with Gasteiger partial charge in [-0.3, -0.25) is 9.59 Å². The largest absolute Gasteiger partial charge is 0.289 e. The summed E-state index contributed by atoms with van der Waals surface area (Å²) in [7, 11) is 0. The summed E-state index contributed by atoms with van der Waals surface area (Å²) in [5.41, 5.74) is 7.70. The van der Waals surface area contributed by atoms with Crippen molar-refractivity contribution in [3.05, 3.63) is 154 Å². The average molecular weight is 535 g/mol. The molecule has 2 aliphatic carbocycles. The smallest absolute Gasteiger partial charge is 0.190 e. The molecule has 1 atom stereocenters. The van der Waals surface area contributed by atoms with Gasteiger partial charge in [0.15, 0.2) is 11.6 Å². The first-order valence-corrected chi connectivity index (χ1v) is 12.5. The molecule has 36 heavy (non-hydrogen) atoms. The lowest BCUT2D eigenvalue weighted by Gasteiger charge is -2.03. The Morgan fingerprint density at radius 1 is 0.611 bits per heavy atom. The normalized spacial score (nSPS) is 17.8. The van der Waals surface area contributed by atoms with Gasteiger partial charge in [0.25, 0.3) is 0 Å². The lowest BCUT2D eigenvalue weighted by molar-refractivity contribution is 0.103. The first kappa shape index (κ1) is 25.3. The van der Waals surface area contributed by atoms with E-state index in [2.05, 4.69) is 15.9 Å². The van der Waals surface area contributed by atoms with Crippen molar-refractivity contribution in [1.29, 1.82) is 0 Å². The molecule has 0 aliphatic heterocycles. The van der Waals surface area contributed by atoms with Crippen molar-refractivity contribution < 1.29 is 9.59 Å². The van der Waals surface area contributed by atoms with Crippen LogP contribution in [0.15, 0.2) is 120 Å². The van der Waals surface area contributed by atoms with Gasteiger partial charge in [0, 0.05) is 28.7 Å². The molecule has 2 nitrogen and oxygen atoms in total. The Kier molecular flexibility index (Phi) is 7.92. The first-order chi connectivity index (χ1) is 17.1. The van der Waals surface area contributed by atoms with Crippen molar-refractivity contribution >= 4 is 39.6 Å². The van der Waals surface area contributed by atoms with E-state index < -0.39 is 0 Å². The standard InChI is InChI=1S/C16H11BrO.C16H12O.CH4/c17-15-12-8-4-5-9-13(12)16(18)14(15)10-11-6-2-1-3-7-11;17-16-14(10-12-6-2-1-3-7-12)11-13-8-4-5-9-15(13)16;/h1-10,15H;1-10H,11H2;1H4/b2*14-10+;. The highest BCUT2D eigenvalue weighted by Gasteiger charge is 2.32. The van der Waals surface area contributed by atoms with E-state index in [-0.39, 0.29) is 23.8 Å². The van der Waals surface area contributed by atoms with E-state index in [4.69, 9.17) is 0 Å². The SMILES string of the molecule is C.O=C1/C(=C/c2ccccc2)C(Br)c2ccccc21.O=C1/C(=C/c2ccccc2)Cc2ccccc21. The molecule has 0 bridgehead atoms. The molecule has 0 aromatic heterocycles. The number of carbonyl (C=O) groups is 2. The summed E-state index contributed by atoms with van der Waals surface area (Å²) in [6.45, 7) is 0. The molecule has 4 aromatic carbocycles. The zero-order valence-corrected chi connectivity index (χ0v) is 20.6. The maximum absolute atomic E-state index is 12.3. The Morgan fingerprint density at radius 2 is 1.14 bits per heavy atom. The van der Waals surface area contributed by atoms with E-state index in [1.807, 2.05) is 121 Å². The summed E-state index contributed by atoms with van der Waals surface area (Å²) in [4.78, 5) is 24.4. The molecule has 2 aliphatic rings. The number of hydrogen-bond donors (Lipinski definition) is 0. The predicted octanol–water partition coefficient (Wildman–Crippen LogP) is 8.55. The highest BCUT2D eigenvalue weighted by Crippen LogP contribution is 2.42. The van der Waals surface area contributed by atoms with Gasteiger partial charge in [-0.15, -0.1) is 0 Å². The van der Waals surface area contributed by atoms with E-state index >= 15 is 0 Å². The molecular formula is C33H27BrO2. The van der Waals surface area contributed by atoms with Crippen LogP contribution >= 0.6 is 15.9 Å². The monoisotopic (exact) mass is 534 g/mol. The number of allylic oxidation sites excluding steroid dienone is 2. The summed E-state index contributed by atoms with van der Waals surface area (Å²) in [5.74, 6) is 0.292. The van der Waals surface area contributed by atoms with Crippen molar-refractivity contribution in [2.24, 2.45) is 0 Å². The van der Waals surface area contributed by atoms with Crippen LogP contribution in [-0.2, 0) is 6.42 Å². The maximum atomic E-state index is 12.3. The van der Waals surface area contributed by atoms with Gasteiger partial charge in [0.05, 0.1) is 4.83 Å². The molecule has 3 heteroatoms. The Bertz CT molecular complexity index is 1450. The zero-order valence-electron chi connectivity index (χ0n) is 19.0. The second kappa shape index (κ2) is 11.3. The van der Waals surface area contributed by atoms with Crippen LogP contribution in [-0.4, -0.2) is 11.6 Å². The lowest BCUT2D eigenvalue weighted by Crippen LogP contribution is -1.95. The van der Waals surface area contributed by atoms with E-state index in [9.17, 15) is 9.59 Å². The Balaban J connectivity index is 0.000000165. The van der Waals surface area contributed by atoms with Crippen LogP contribution in [0.2, 0.25) is 0 Å². The highest BCUT2D eigenvalue weighted by atomic mass is 79.9. The number of rotatable bonds is 2. The van der Waals surface area contributed by atoms with Crippen molar-refractivity contribution in [2.75, 3.05) is 0 Å². The van der Waals surface area contributed by atoms with Gasteiger partial charge in [0.2, 0.25) is 0 Å². The summed E-state index contributed by atoms with van der Waals surface area (Å²) in [6, 6.07) is 35.5. The molecule has 0 spiro atoms. The van der Waals surface area contributed by atoms with E-state index in [1.54, 1.807) is 0 Å². The number of alkyl halides is 1. The minimum Gasteiger partial charge on any atom is -0.289 e. The maximum Gasteiger partial charge on any atom is 0.190 e. The Hall–Kier alpha value is -3.82. The minimum atomic E-state index is 0. The number of hydrogen-bond acceptors (Lipinski definition) is 2. The predicted molar refractivity (Wildman–Crippen MR) is 152 cm³/mol.